The van der Waals surface area contributed by atoms with Crippen LogP contribution >= 0.6 is 0 Å². The van der Waals surface area contributed by atoms with Gasteiger partial charge in [0, 0.05) is 25.7 Å². The Hall–Kier alpha value is -6.04. The van der Waals surface area contributed by atoms with Crippen molar-refractivity contribution in [1.29, 1.82) is 0 Å². The SMILES string of the molecule is CCCCCC(OC(=O)CCc1cc(C(C)(C)C)c(O)c(C(C)(C)C)c1)[C@H](OC(=O)CCc1cc(C(C)(C)C)c(O)c(C(C)(C)C)c1)[C@@H](COC(=O)CCc1cc(C(C)(C)C)c(O)c(C(C)(C)C)c1)OC(=O)CCc1cc(C(C)(C)C)c(O)c(C(C)(C)C)c1. The standard InChI is InChI=1S/C77H116O12/c1-26-27-28-29-59(87-62(79)35-31-48-40-53(72(8,9)10)66(83)54(41-48)73(11,12)13)69(89-64(81)37-33-50-44-57(76(20,21)22)68(85)58(45-50)77(23,24)25)60(88-63(80)36-32-49-42-55(74(14,15)16)67(84)56(43-49)75(17,18)19)46-86-61(78)34-30-47-38-51(70(2,3)4)65(82)52(39-47)71(5,6)7/h38-45,59-60,69,82-85H,26-37,46H2,1-25H3/t59?,60-,69+/m1/s1. The van der Waals surface area contributed by atoms with E-state index in [1.165, 1.54) is 0 Å². The third kappa shape index (κ3) is 21.5. The third-order valence-corrected chi connectivity index (χ3v) is 16.7. The highest BCUT2D eigenvalue weighted by Crippen LogP contribution is 2.44. The van der Waals surface area contributed by atoms with Gasteiger partial charge in [-0.1, -0.05) is 234 Å². The van der Waals surface area contributed by atoms with E-state index >= 15 is 0 Å². The van der Waals surface area contributed by atoms with Crippen LogP contribution in [0.25, 0.3) is 0 Å². The van der Waals surface area contributed by atoms with Gasteiger partial charge in [-0.25, -0.2) is 0 Å². The van der Waals surface area contributed by atoms with Crippen LogP contribution in [0.5, 0.6) is 23.0 Å². The first kappa shape index (κ1) is 75.4. The van der Waals surface area contributed by atoms with E-state index in [2.05, 4.69) is 0 Å². The molecule has 1 unspecified atom stereocenters. The van der Waals surface area contributed by atoms with Crippen LogP contribution in [0, 0.1) is 0 Å². The first-order valence-corrected chi connectivity index (χ1v) is 32.7. The number of phenolic OH excluding ortho intramolecular Hbond substituents is 4. The van der Waals surface area contributed by atoms with Crippen LogP contribution in [0.3, 0.4) is 0 Å². The molecule has 0 saturated heterocycles. The van der Waals surface area contributed by atoms with E-state index in [-0.39, 0.29) is 80.8 Å². The van der Waals surface area contributed by atoms with Crippen molar-refractivity contribution in [3.8, 4) is 23.0 Å². The topological polar surface area (TPSA) is 186 Å². The number of ether oxygens (including phenoxy) is 4. The van der Waals surface area contributed by atoms with Crippen molar-refractivity contribution in [2.24, 2.45) is 0 Å². The molecule has 0 heterocycles. The molecular formula is C77H116O12. The van der Waals surface area contributed by atoms with Gasteiger partial charge in [0.2, 0.25) is 0 Å². The number of phenols is 4. The summed E-state index contributed by atoms with van der Waals surface area (Å²) >= 11 is 0. The highest BCUT2D eigenvalue weighted by molar-refractivity contribution is 5.73. The van der Waals surface area contributed by atoms with Gasteiger partial charge in [-0.3, -0.25) is 19.2 Å². The predicted octanol–water partition coefficient (Wildman–Crippen LogP) is 17.6. The number of esters is 4. The summed E-state index contributed by atoms with van der Waals surface area (Å²) in [6.07, 6.45) is -1.16. The molecule has 496 valence electrons. The highest BCUT2D eigenvalue weighted by Gasteiger charge is 2.40. The lowest BCUT2D eigenvalue weighted by atomic mass is 9.78. The Morgan fingerprint density at radius 3 is 0.798 bits per heavy atom. The number of hydrogen-bond donors (Lipinski definition) is 4. The Labute approximate surface area is 536 Å². The number of carbonyl (C=O) groups is 4. The number of unbranched alkanes of at least 4 members (excludes halogenated alkanes) is 2. The summed E-state index contributed by atoms with van der Waals surface area (Å²) in [5, 5.41) is 46.1. The zero-order chi connectivity index (χ0) is 68.0. The van der Waals surface area contributed by atoms with Gasteiger partial charge in [-0.15, -0.1) is 0 Å². The molecule has 4 rings (SSSR count). The molecule has 4 N–H and O–H groups in total. The molecule has 89 heavy (non-hydrogen) atoms. The number of carbonyl (C=O) groups excluding carboxylic acids is 4. The molecule has 12 nitrogen and oxygen atoms in total. The summed E-state index contributed by atoms with van der Waals surface area (Å²) in [5.41, 5.74) is 5.96. The van der Waals surface area contributed by atoms with Crippen molar-refractivity contribution in [3.63, 3.8) is 0 Å². The number of hydrogen-bond acceptors (Lipinski definition) is 12. The second-order valence-corrected chi connectivity index (χ2v) is 33.3. The van der Waals surface area contributed by atoms with Crippen molar-refractivity contribution in [3.05, 3.63) is 115 Å². The van der Waals surface area contributed by atoms with Crippen LogP contribution < -0.4 is 0 Å². The zero-order valence-electron chi connectivity index (χ0n) is 59.6. The van der Waals surface area contributed by atoms with Crippen molar-refractivity contribution in [2.45, 2.75) is 312 Å². The fourth-order valence-electron chi connectivity index (χ4n) is 11.3. The Bertz CT molecular complexity index is 2960. The minimum Gasteiger partial charge on any atom is -0.507 e. The lowest BCUT2D eigenvalue weighted by Gasteiger charge is -2.33. The maximum atomic E-state index is 14.8. The van der Waals surface area contributed by atoms with E-state index in [4.69, 9.17) is 18.9 Å². The third-order valence-electron chi connectivity index (χ3n) is 16.7. The van der Waals surface area contributed by atoms with Crippen LogP contribution in [-0.2, 0) is 107 Å². The molecule has 0 aliphatic rings. The van der Waals surface area contributed by atoms with Crippen LogP contribution in [0.4, 0.5) is 0 Å². The van der Waals surface area contributed by atoms with Crippen LogP contribution in [0.15, 0.2) is 48.5 Å². The molecular weight excluding hydrogens is 1120 g/mol. The van der Waals surface area contributed by atoms with Gasteiger partial charge in [0.15, 0.2) is 12.2 Å². The minimum absolute atomic E-state index is 0.0692. The van der Waals surface area contributed by atoms with E-state index < -0.39 is 92.1 Å². The fourth-order valence-corrected chi connectivity index (χ4v) is 11.3. The molecule has 0 aromatic heterocycles. The number of rotatable bonds is 23. The minimum atomic E-state index is -1.45. The molecule has 4 aromatic rings. The summed E-state index contributed by atoms with van der Waals surface area (Å²) in [4.78, 5) is 58.3. The van der Waals surface area contributed by atoms with Gasteiger partial charge < -0.3 is 39.4 Å². The normalized spacial score (nSPS) is 14.0. The quantitative estimate of drug-likeness (QED) is 0.0313. The molecule has 0 aliphatic carbocycles. The molecule has 4 aromatic carbocycles. The lowest BCUT2D eigenvalue weighted by Crippen LogP contribution is -2.48. The van der Waals surface area contributed by atoms with Crippen LogP contribution in [0.1, 0.15) is 291 Å². The van der Waals surface area contributed by atoms with Crippen molar-refractivity contribution in [2.75, 3.05) is 6.61 Å². The number of aromatic hydroxyl groups is 4. The van der Waals surface area contributed by atoms with Gasteiger partial charge in [-0.05, 0) is 149 Å². The molecule has 0 aliphatic heterocycles. The molecule has 0 radical (unpaired) electrons. The van der Waals surface area contributed by atoms with Gasteiger partial charge in [0.05, 0.1) is 0 Å². The van der Waals surface area contributed by atoms with E-state index in [0.717, 1.165) is 79.6 Å². The first-order chi connectivity index (χ1) is 40.4. The summed E-state index contributed by atoms with van der Waals surface area (Å²) in [7, 11) is 0. The molecule has 0 spiro atoms. The Balaban J connectivity index is 1.89. The van der Waals surface area contributed by atoms with Gasteiger partial charge in [-0.2, -0.15) is 0 Å². The van der Waals surface area contributed by atoms with Gasteiger partial charge in [0.25, 0.3) is 0 Å². The Kier molecular flexibility index (Phi) is 24.6. The highest BCUT2D eigenvalue weighted by atomic mass is 16.6. The van der Waals surface area contributed by atoms with Crippen LogP contribution in [-0.4, -0.2) is 69.2 Å². The second-order valence-electron chi connectivity index (χ2n) is 33.3. The van der Waals surface area contributed by atoms with Crippen molar-refractivity contribution < 1.29 is 58.6 Å². The van der Waals surface area contributed by atoms with E-state index in [0.29, 0.717) is 6.42 Å². The summed E-state index contributed by atoms with van der Waals surface area (Å²) in [6, 6.07) is 15.4. The van der Waals surface area contributed by atoms with E-state index in [1.807, 2.05) is 222 Å². The Morgan fingerprint density at radius 2 is 0.562 bits per heavy atom. The molecule has 0 fully saturated rings. The fraction of sp³-hybridized carbons (Fsp3) is 0.636. The maximum Gasteiger partial charge on any atom is 0.306 e. The van der Waals surface area contributed by atoms with E-state index in [1.54, 1.807) is 0 Å². The smallest absolute Gasteiger partial charge is 0.306 e. The van der Waals surface area contributed by atoms with Crippen molar-refractivity contribution in [1.82, 2.24) is 0 Å². The average molecular weight is 1230 g/mol. The van der Waals surface area contributed by atoms with Crippen LogP contribution in [0.2, 0.25) is 0 Å². The molecule has 12 heteroatoms. The van der Waals surface area contributed by atoms with Gasteiger partial charge in [0.1, 0.15) is 35.7 Å². The largest absolute Gasteiger partial charge is 0.507 e. The molecule has 0 saturated carbocycles. The lowest BCUT2D eigenvalue weighted by molar-refractivity contribution is -0.192. The predicted molar refractivity (Wildman–Crippen MR) is 360 cm³/mol. The monoisotopic (exact) mass is 1230 g/mol. The van der Waals surface area contributed by atoms with Crippen molar-refractivity contribution >= 4 is 23.9 Å². The Morgan fingerprint density at radius 1 is 0.337 bits per heavy atom. The maximum absolute atomic E-state index is 14.8. The first-order valence-electron chi connectivity index (χ1n) is 32.7. The van der Waals surface area contributed by atoms with E-state index in [9.17, 15) is 39.6 Å². The summed E-state index contributed by atoms with van der Waals surface area (Å²) in [5.74, 6) is -1.66. The summed E-state index contributed by atoms with van der Waals surface area (Å²) in [6.45, 7) is 50.2. The molecule has 0 bridgehead atoms. The average Bonchev–Trinajstić information content (AvgIpc) is 0.861. The number of benzene rings is 4. The number of aryl methyl sites for hydroxylation is 4. The molecule has 0 amide bonds. The van der Waals surface area contributed by atoms with Gasteiger partial charge >= 0.3 is 23.9 Å². The summed E-state index contributed by atoms with van der Waals surface area (Å²) < 4.78 is 25.6. The second kappa shape index (κ2) is 29.1. The zero-order valence-corrected chi connectivity index (χ0v) is 59.6. The molecule has 3 atom stereocenters.